The largest absolute Gasteiger partial charge is 0.155 e. The zero-order chi connectivity index (χ0) is 10.7. The highest BCUT2D eigenvalue weighted by atomic mass is 35.5. The third-order valence-corrected chi connectivity index (χ3v) is 2.49. The number of hydrogen-bond acceptors (Lipinski definition) is 1. The van der Waals surface area contributed by atoms with Gasteiger partial charge < -0.3 is 0 Å². The quantitative estimate of drug-likeness (QED) is 0.746. The molecule has 1 aromatic rings. The van der Waals surface area contributed by atoms with E-state index in [2.05, 4.69) is 17.5 Å². The zero-order valence-corrected chi connectivity index (χ0v) is 9.33. The summed E-state index contributed by atoms with van der Waals surface area (Å²) in [6.45, 7) is 2.14. The molecule has 15 heavy (non-hydrogen) atoms. The molecule has 0 saturated carbocycles. The zero-order valence-electron chi connectivity index (χ0n) is 8.57. The topological polar surface area (TPSA) is 26.5 Å². The van der Waals surface area contributed by atoms with Gasteiger partial charge >= 0.3 is 0 Å². The van der Waals surface area contributed by atoms with E-state index in [0.29, 0.717) is 0 Å². The molecule has 0 saturated heterocycles. The number of allylic oxidation sites excluding steroid dienone is 2. The second kappa shape index (κ2) is 4.49. The molecule has 0 unspecified atom stereocenters. The Morgan fingerprint density at radius 3 is 2.60 bits per heavy atom. The summed E-state index contributed by atoms with van der Waals surface area (Å²) >= 11 is 5.82. The molecule has 1 aliphatic rings. The van der Waals surface area contributed by atoms with Crippen molar-refractivity contribution in [2.24, 2.45) is 5.10 Å². The van der Waals surface area contributed by atoms with E-state index >= 15 is 0 Å². The molecule has 1 heterocycles. The van der Waals surface area contributed by atoms with E-state index in [4.69, 9.17) is 11.6 Å². The molecule has 0 aliphatic carbocycles. The van der Waals surface area contributed by atoms with Gasteiger partial charge in [0, 0.05) is 10.6 Å². The lowest BCUT2D eigenvalue weighted by atomic mass is 10.1. The van der Waals surface area contributed by atoms with Gasteiger partial charge in [0.2, 0.25) is 0 Å². The first-order valence-electron chi connectivity index (χ1n) is 5.05. The van der Waals surface area contributed by atoms with Gasteiger partial charge in [-0.1, -0.05) is 37.1 Å². The molecule has 0 N–H and O–H groups in total. The average Bonchev–Trinajstić information content (AvgIpc) is 2.68. The van der Waals surface area contributed by atoms with Gasteiger partial charge in [0.15, 0.2) is 0 Å². The predicted octanol–water partition coefficient (Wildman–Crippen LogP) is 3.35. The summed E-state index contributed by atoms with van der Waals surface area (Å²) in [6.07, 6.45) is 4.12. The van der Waals surface area contributed by atoms with Gasteiger partial charge in [-0.25, -0.2) is 0 Å². The second-order valence-corrected chi connectivity index (χ2v) is 3.91. The van der Waals surface area contributed by atoms with Crippen LogP contribution in [0.25, 0.3) is 0 Å². The van der Waals surface area contributed by atoms with Crippen LogP contribution in [0.3, 0.4) is 0 Å². The molecule has 1 aliphatic heterocycles. The lowest BCUT2D eigenvalue weighted by Gasteiger charge is -1.96. The highest BCUT2D eigenvalue weighted by Gasteiger charge is 2.10. The fourth-order valence-electron chi connectivity index (χ4n) is 1.47. The van der Waals surface area contributed by atoms with Gasteiger partial charge in [0.1, 0.15) is 0 Å². The summed E-state index contributed by atoms with van der Waals surface area (Å²) in [5.74, 6) is 0. The van der Waals surface area contributed by atoms with Crippen molar-refractivity contribution in [3.63, 3.8) is 0 Å². The first kappa shape index (κ1) is 10.2. The first-order chi connectivity index (χ1) is 7.29. The Balaban J connectivity index is 2.16. The molecule has 0 atom stereocenters. The van der Waals surface area contributed by atoms with E-state index in [-0.39, 0.29) is 0 Å². The SMILES string of the molecule is CCCC1=CC(c2ccc(Cl)cc2)=N[N]1. The molecule has 77 valence electrons. The van der Waals surface area contributed by atoms with E-state index in [1.165, 1.54) is 0 Å². The average molecular weight is 220 g/mol. The fourth-order valence-corrected chi connectivity index (χ4v) is 1.60. The van der Waals surface area contributed by atoms with Crippen LogP contribution in [0.1, 0.15) is 25.3 Å². The smallest absolute Gasteiger partial charge is 0.0948 e. The molecule has 0 amide bonds. The van der Waals surface area contributed by atoms with Crippen molar-refractivity contribution in [1.82, 2.24) is 5.43 Å². The van der Waals surface area contributed by atoms with Gasteiger partial charge in [-0.15, -0.1) is 0 Å². The van der Waals surface area contributed by atoms with Gasteiger partial charge in [-0.05, 0) is 24.6 Å². The van der Waals surface area contributed by atoms with Crippen molar-refractivity contribution in [3.05, 3.63) is 46.6 Å². The molecule has 0 aromatic heterocycles. The van der Waals surface area contributed by atoms with Gasteiger partial charge in [0.25, 0.3) is 0 Å². The Labute approximate surface area is 94.6 Å². The number of halogens is 1. The summed E-state index contributed by atoms with van der Waals surface area (Å²) in [4.78, 5) is 0. The number of nitrogens with zero attached hydrogens (tertiary/aromatic N) is 2. The van der Waals surface area contributed by atoms with Crippen LogP contribution in [0.5, 0.6) is 0 Å². The second-order valence-electron chi connectivity index (χ2n) is 3.48. The van der Waals surface area contributed by atoms with E-state index in [0.717, 1.165) is 34.8 Å². The minimum absolute atomic E-state index is 0.743. The summed E-state index contributed by atoms with van der Waals surface area (Å²) in [7, 11) is 0. The molecule has 2 nitrogen and oxygen atoms in total. The summed E-state index contributed by atoms with van der Waals surface area (Å²) in [6, 6.07) is 7.65. The summed E-state index contributed by atoms with van der Waals surface area (Å²) < 4.78 is 0. The summed E-state index contributed by atoms with van der Waals surface area (Å²) in [5, 5.41) is 4.88. The maximum Gasteiger partial charge on any atom is 0.0948 e. The van der Waals surface area contributed by atoms with E-state index in [9.17, 15) is 0 Å². The third kappa shape index (κ3) is 2.39. The van der Waals surface area contributed by atoms with Gasteiger partial charge in [-0.2, -0.15) is 10.5 Å². The monoisotopic (exact) mass is 219 g/mol. The van der Waals surface area contributed by atoms with Crippen molar-refractivity contribution < 1.29 is 0 Å². The predicted molar refractivity (Wildman–Crippen MR) is 63.1 cm³/mol. The first-order valence-corrected chi connectivity index (χ1v) is 5.42. The lowest BCUT2D eigenvalue weighted by Crippen LogP contribution is -1.93. The van der Waals surface area contributed by atoms with Crippen LogP contribution in [-0.4, -0.2) is 5.71 Å². The van der Waals surface area contributed by atoms with E-state index in [1.807, 2.05) is 30.3 Å². The lowest BCUT2D eigenvalue weighted by molar-refractivity contribution is 0.780. The van der Waals surface area contributed by atoms with Crippen LogP contribution in [0.4, 0.5) is 0 Å². The van der Waals surface area contributed by atoms with Crippen molar-refractivity contribution in [2.45, 2.75) is 19.8 Å². The molecule has 1 aromatic carbocycles. The van der Waals surface area contributed by atoms with Crippen LogP contribution < -0.4 is 5.43 Å². The standard InChI is InChI=1S/C12H12ClN2/c1-2-3-11-8-12(15-14-11)9-4-6-10(13)7-5-9/h4-8H,2-3H2,1H3. The van der Waals surface area contributed by atoms with Crippen LogP contribution in [-0.2, 0) is 0 Å². The number of rotatable bonds is 3. The minimum atomic E-state index is 0.743. The molecule has 0 spiro atoms. The maximum atomic E-state index is 5.82. The fraction of sp³-hybridized carbons (Fsp3) is 0.250. The Bertz CT molecular complexity index is 404. The van der Waals surface area contributed by atoms with Gasteiger partial charge in [0.05, 0.1) is 11.4 Å². The Hall–Kier alpha value is -1.28. The molecule has 3 heteroatoms. The molecular formula is C12H12ClN2. The van der Waals surface area contributed by atoms with Crippen LogP contribution in [0, 0.1) is 0 Å². The normalized spacial score (nSPS) is 14.5. The Morgan fingerprint density at radius 2 is 1.93 bits per heavy atom. The molecule has 2 rings (SSSR count). The van der Waals surface area contributed by atoms with Crippen LogP contribution in [0.2, 0.25) is 5.02 Å². The van der Waals surface area contributed by atoms with E-state index in [1.54, 1.807) is 0 Å². The Kier molecular flexibility index (Phi) is 3.07. The van der Waals surface area contributed by atoms with E-state index < -0.39 is 0 Å². The molecular weight excluding hydrogens is 208 g/mol. The highest BCUT2D eigenvalue weighted by Crippen LogP contribution is 2.16. The molecule has 0 fully saturated rings. The molecule has 0 bridgehead atoms. The maximum absolute atomic E-state index is 5.82. The third-order valence-electron chi connectivity index (χ3n) is 2.24. The minimum Gasteiger partial charge on any atom is -0.155 e. The van der Waals surface area contributed by atoms with Crippen LogP contribution >= 0.6 is 11.6 Å². The van der Waals surface area contributed by atoms with Crippen molar-refractivity contribution >= 4 is 17.3 Å². The van der Waals surface area contributed by atoms with Crippen molar-refractivity contribution in [1.29, 1.82) is 0 Å². The number of benzene rings is 1. The molecule has 1 radical (unpaired) electrons. The van der Waals surface area contributed by atoms with Gasteiger partial charge in [-0.3, -0.25) is 0 Å². The van der Waals surface area contributed by atoms with Crippen molar-refractivity contribution in [3.8, 4) is 0 Å². The summed E-state index contributed by atoms with van der Waals surface area (Å²) in [5.41, 5.74) is 7.17. The number of hydrogen-bond donors (Lipinski definition) is 0. The Morgan fingerprint density at radius 1 is 1.20 bits per heavy atom. The highest BCUT2D eigenvalue weighted by molar-refractivity contribution is 6.30. The van der Waals surface area contributed by atoms with Crippen LogP contribution in [0.15, 0.2) is 41.1 Å². The van der Waals surface area contributed by atoms with Crippen molar-refractivity contribution in [2.75, 3.05) is 0 Å².